The van der Waals surface area contributed by atoms with Crippen molar-refractivity contribution in [2.75, 3.05) is 25.1 Å². The molecule has 6 rings (SSSR count). The number of ketones is 1. The number of β-lactam (4-membered cyclic amide) rings is 1. The van der Waals surface area contributed by atoms with E-state index in [2.05, 4.69) is 21.6 Å². The maximum absolute atomic E-state index is 13.4. The number of fused-ring (bicyclic) bond motifs is 2. The summed E-state index contributed by atoms with van der Waals surface area (Å²) >= 11 is 2.13. The molecule has 0 aliphatic carbocycles. The number of nitrogens with zero attached hydrogens (tertiary/aromatic N) is 5. The minimum absolute atomic E-state index is 0.0414. The molecule has 1 saturated heterocycles. The minimum Gasteiger partial charge on any atom is -0.504 e. The molecule has 15 nitrogen and oxygen atoms in total. The van der Waals surface area contributed by atoms with Crippen molar-refractivity contribution in [3.8, 4) is 11.5 Å². The van der Waals surface area contributed by atoms with E-state index in [4.69, 9.17) is 10.6 Å². The largest absolute Gasteiger partial charge is 0.504 e. The van der Waals surface area contributed by atoms with Gasteiger partial charge >= 0.3 is 11.9 Å². The number of carboxylic acids is 2. The fraction of sp³-hybridized carbons (Fsp3) is 0.343. The first-order chi connectivity index (χ1) is 24.5. The summed E-state index contributed by atoms with van der Waals surface area (Å²) < 4.78 is 4.72. The summed E-state index contributed by atoms with van der Waals surface area (Å²) in [5, 5.41) is 42.6. The lowest BCUT2D eigenvalue weighted by molar-refractivity contribution is -0.937. The number of quaternary nitrogens is 1. The van der Waals surface area contributed by atoms with Crippen LogP contribution in [0.1, 0.15) is 48.3 Å². The van der Waals surface area contributed by atoms with E-state index >= 15 is 0 Å². The monoisotopic (exact) mass is 749 g/mol. The summed E-state index contributed by atoms with van der Waals surface area (Å²) in [5.41, 5.74) is 7.82. The quantitative estimate of drug-likeness (QED) is 0.0590. The zero-order chi connectivity index (χ0) is 37.5. The van der Waals surface area contributed by atoms with Crippen molar-refractivity contribution in [3.05, 3.63) is 81.8 Å². The number of thioether (sulfide) groups is 1. The molecule has 0 spiro atoms. The lowest BCUT2D eigenvalue weighted by Crippen LogP contribution is -2.62. The number of amides is 1. The smallest absolute Gasteiger partial charge is 0.352 e. The lowest BCUT2D eigenvalue weighted by Gasteiger charge is -2.49. The van der Waals surface area contributed by atoms with Crippen LogP contribution < -0.4 is 5.73 Å². The molecule has 3 aromatic rings. The van der Waals surface area contributed by atoms with Gasteiger partial charge in [-0.15, -0.1) is 11.8 Å². The van der Waals surface area contributed by atoms with Crippen LogP contribution in [-0.2, 0) is 43.5 Å². The molecule has 6 N–H and O–H groups in total. The van der Waals surface area contributed by atoms with Crippen LogP contribution in [0.3, 0.4) is 0 Å². The molecule has 1 fully saturated rings. The average Bonchev–Trinajstić information content (AvgIpc) is 3.52. The topological polar surface area (TPSA) is 226 Å². The summed E-state index contributed by atoms with van der Waals surface area (Å²) in [6, 6.07) is 11.2. The number of oxime groups is 1. The summed E-state index contributed by atoms with van der Waals surface area (Å²) in [6.07, 6.45) is 3.91. The number of allylic oxidation sites excluding steroid dienone is 1. The van der Waals surface area contributed by atoms with E-state index in [1.807, 2.05) is 24.3 Å². The number of aliphatic carboxylic acids is 2. The molecule has 1 aromatic heterocycles. The van der Waals surface area contributed by atoms with Gasteiger partial charge in [0.1, 0.15) is 18.8 Å². The second-order valence-corrected chi connectivity index (χ2v) is 15.6. The van der Waals surface area contributed by atoms with E-state index in [0.717, 1.165) is 57.8 Å². The molecular formula is C35H37N6O9S2+. The van der Waals surface area contributed by atoms with Gasteiger partial charge in [-0.05, 0) is 42.7 Å². The third-order valence-corrected chi connectivity index (χ3v) is 11.2. The van der Waals surface area contributed by atoms with Crippen molar-refractivity contribution in [2.45, 2.75) is 50.8 Å². The Kier molecular flexibility index (Phi) is 9.87. The van der Waals surface area contributed by atoms with Crippen LogP contribution in [0.2, 0.25) is 0 Å². The van der Waals surface area contributed by atoms with Crippen molar-refractivity contribution in [3.63, 3.8) is 0 Å². The number of benzene rings is 2. The van der Waals surface area contributed by atoms with Gasteiger partial charge in [-0.1, -0.05) is 41.6 Å². The van der Waals surface area contributed by atoms with Gasteiger partial charge in [-0.25, -0.2) is 9.59 Å². The Hall–Kier alpha value is -5.26. The van der Waals surface area contributed by atoms with Gasteiger partial charge in [0, 0.05) is 41.3 Å². The number of hydrogen-bond donors (Lipinski definition) is 5. The number of phenols is 2. The van der Waals surface area contributed by atoms with Crippen molar-refractivity contribution in [2.24, 2.45) is 11.1 Å². The van der Waals surface area contributed by atoms with E-state index in [9.17, 15) is 39.6 Å². The second kappa shape index (κ2) is 14.0. The van der Waals surface area contributed by atoms with Gasteiger partial charge < -0.3 is 35.5 Å². The van der Waals surface area contributed by atoms with Crippen LogP contribution in [-0.4, -0.2) is 98.8 Å². The second-order valence-electron chi connectivity index (χ2n) is 13.7. The van der Waals surface area contributed by atoms with Crippen LogP contribution in [0.5, 0.6) is 11.5 Å². The van der Waals surface area contributed by atoms with Crippen molar-refractivity contribution >= 4 is 63.8 Å². The average molecular weight is 750 g/mol. The number of aromatic nitrogens is 2. The molecule has 1 unspecified atom stereocenters. The van der Waals surface area contributed by atoms with Crippen molar-refractivity contribution in [1.29, 1.82) is 0 Å². The van der Waals surface area contributed by atoms with Gasteiger partial charge in [-0.2, -0.15) is 9.36 Å². The summed E-state index contributed by atoms with van der Waals surface area (Å²) in [6.45, 7) is 4.84. The van der Waals surface area contributed by atoms with E-state index in [1.54, 1.807) is 24.3 Å². The first-order valence-corrected chi connectivity index (χ1v) is 18.1. The minimum atomic E-state index is -1.78. The van der Waals surface area contributed by atoms with Gasteiger partial charge in [0.25, 0.3) is 0 Å². The number of likely N-dealkylation sites (N-methyl/N-ethyl adjacent to an activating group) is 1. The van der Waals surface area contributed by atoms with Crippen LogP contribution >= 0.6 is 23.3 Å². The van der Waals surface area contributed by atoms with E-state index in [1.165, 1.54) is 30.5 Å². The predicted octanol–water partition coefficient (Wildman–Crippen LogP) is 3.36. The van der Waals surface area contributed by atoms with Crippen LogP contribution in [0.4, 0.5) is 5.13 Å². The third-order valence-electron chi connectivity index (χ3n) is 9.30. The highest BCUT2D eigenvalue weighted by Gasteiger charge is 2.54. The highest BCUT2D eigenvalue weighted by Crippen LogP contribution is 2.45. The first kappa shape index (κ1) is 36.5. The number of anilines is 1. The zero-order valence-electron chi connectivity index (χ0n) is 28.5. The predicted molar refractivity (Wildman–Crippen MR) is 192 cm³/mol. The Morgan fingerprint density at radius 3 is 2.44 bits per heavy atom. The fourth-order valence-corrected chi connectivity index (χ4v) is 8.20. The van der Waals surface area contributed by atoms with E-state index in [-0.39, 0.29) is 40.3 Å². The van der Waals surface area contributed by atoms with Gasteiger partial charge in [-0.3, -0.25) is 14.5 Å². The molecule has 0 radical (unpaired) electrons. The highest BCUT2D eigenvalue weighted by atomic mass is 32.2. The van der Waals surface area contributed by atoms with E-state index in [0.29, 0.717) is 12.1 Å². The molecule has 52 heavy (non-hydrogen) atoms. The lowest BCUT2D eigenvalue weighted by atomic mass is 9.89. The SMILES string of the molecule is CC(C)(O/N=C(\C(=O)C[C@@H]1C(=O)N2C(C(=O)O)=C(C=Cc3ccc(C[N+]4(C)CCc5cc(O)c(O)cc5C4)cc3)CS[C@H]12)c1nsc(N)n1)C(=O)O. The Labute approximate surface area is 306 Å². The number of carbonyl (C=O) groups is 4. The van der Waals surface area contributed by atoms with Crippen molar-refractivity contribution in [1.82, 2.24) is 14.3 Å². The maximum atomic E-state index is 13.4. The standard InChI is InChI=1S/C35H36N6O9S2/c1-35(2,33(48)49)50-38-27(29-37-34(36)52-39-29)26(44)14-23-30(45)40-28(32(46)47)21(17-51-31(23)40)9-8-18-4-6-19(7-5-18)15-41(3)11-10-20-12-24(42)25(43)13-22(20)16-41/h4-9,12-13,23,31H,10-11,14-17H2,1-3H3,(H5-,36,37,38,39,42,43,44,46,47,48,49)/p+1/t23-,31-,41?/m1/s1. The van der Waals surface area contributed by atoms with Crippen LogP contribution in [0.15, 0.2) is 58.9 Å². The van der Waals surface area contributed by atoms with E-state index < -0.39 is 46.2 Å². The summed E-state index contributed by atoms with van der Waals surface area (Å²) in [5.74, 6) is -4.80. The molecule has 0 saturated carbocycles. The molecule has 1 amide bonds. The Balaban J connectivity index is 1.13. The first-order valence-electron chi connectivity index (χ1n) is 16.2. The summed E-state index contributed by atoms with van der Waals surface area (Å²) in [7, 11) is 2.16. The molecule has 3 aliphatic heterocycles. The number of nitrogen functional groups attached to an aromatic ring is 1. The molecule has 0 bridgehead atoms. The van der Waals surface area contributed by atoms with Gasteiger partial charge in [0.2, 0.25) is 17.3 Å². The Morgan fingerprint density at radius 1 is 1.12 bits per heavy atom. The number of hydrogen-bond acceptors (Lipinski definition) is 13. The number of Topliss-reactive ketones (excluding diaryl/α,β-unsaturated/α-hetero) is 1. The number of phenolic OH excluding ortho intramolecular Hbond substituents is 2. The summed E-state index contributed by atoms with van der Waals surface area (Å²) in [4.78, 5) is 61.0. The normalized spacial score (nSPS) is 21.8. The number of carboxylic acid groups (broad SMARTS) is 2. The maximum Gasteiger partial charge on any atom is 0.352 e. The van der Waals surface area contributed by atoms with Crippen molar-refractivity contribution < 1.29 is 48.9 Å². The molecule has 3 aliphatic rings. The number of carbonyl (C=O) groups excluding carboxylic acids is 2. The molecule has 3 atom stereocenters. The Bertz CT molecular complexity index is 2060. The molecular weight excluding hydrogens is 713 g/mol. The molecule has 4 heterocycles. The van der Waals surface area contributed by atoms with Gasteiger partial charge in [0.15, 0.2) is 28.1 Å². The Morgan fingerprint density at radius 2 is 1.81 bits per heavy atom. The number of aromatic hydroxyl groups is 2. The van der Waals surface area contributed by atoms with Gasteiger partial charge in [0.05, 0.1) is 24.9 Å². The number of rotatable bonds is 12. The zero-order valence-corrected chi connectivity index (χ0v) is 30.1. The third kappa shape index (κ3) is 7.37. The molecule has 2 aromatic carbocycles. The number of nitrogens with two attached hydrogens (primary N) is 1. The fourth-order valence-electron chi connectivity index (χ4n) is 6.38. The molecule has 272 valence electrons. The molecule has 17 heteroatoms. The van der Waals surface area contributed by atoms with Crippen LogP contribution in [0.25, 0.3) is 6.08 Å². The highest BCUT2D eigenvalue weighted by molar-refractivity contribution is 8.00. The van der Waals surface area contributed by atoms with Crippen LogP contribution in [0, 0.1) is 5.92 Å².